The second kappa shape index (κ2) is 6.17. The monoisotopic (exact) mass is 239 g/mol. The van der Waals surface area contributed by atoms with Crippen LogP contribution < -0.4 is 0 Å². The van der Waals surface area contributed by atoms with Gasteiger partial charge in [0.25, 0.3) is 0 Å². The molecular weight excluding hydrogens is 226 g/mol. The zero-order chi connectivity index (χ0) is 12.0. The Kier molecular flexibility index (Phi) is 4.85. The molecule has 0 amide bonds. The Labute approximate surface area is 98.3 Å². The zero-order valence-corrected chi connectivity index (χ0v) is 9.95. The number of benzene rings is 1. The number of nitrogens with zero attached hydrogens (tertiary/aromatic N) is 1. The van der Waals surface area contributed by atoms with Crippen molar-refractivity contribution in [1.82, 2.24) is 0 Å². The largest absolute Gasteiger partial charge is 0.461 e. The predicted molar refractivity (Wildman–Crippen MR) is 63.2 cm³/mol. The van der Waals surface area contributed by atoms with Gasteiger partial charge in [-0.05, 0) is 25.3 Å². The molecule has 1 rings (SSSR count). The topological polar surface area (TPSA) is 58.9 Å². The highest BCUT2D eigenvalue weighted by atomic mass is 32.2. The molecule has 1 aromatic carbocycles. The summed E-state index contributed by atoms with van der Waals surface area (Å²) in [5.74, 6) is -0.623. The first-order valence-electron chi connectivity index (χ1n) is 4.76. The maximum atomic E-state index is 11.4. The van der Waals surface area contributed by atoms with Crippen molar-refractivity contribution in [2.75, 3.05) is 12.9 Å². The first kappa shape index (κ1) is 12.6. The molecule has 1 N–H and O–H groups in total. The van der Waals surface area contributed by atoms with E-state index >= 15 is 0 Å². The van der Waals surface area contributed by atoms with E-state index in [0.29, 0.717) is 5.56 Å². The molecule has 4 nitrogen and oxygen atoms in total. The average Bonchev–Trinajstić information content (AvgIpc) is 2.31. The van der Waals surface area contributed by atoms with Crippen LogP contribution in [0.5, 0.6) is 0 Å². The van der Waals surface area contributed by atoms with Gasteiger partial charge in [0.1, 0.15) is 0 Å². The molecule has 1 aromatic rings. The molecule has 0 bridgehead atoms. The summed E-state index contributed by atoms with van der Waals surface area (Å²) in [4.78, 5) is 12.5. The van der Waals surface area contributed by atoms with Crippen LogP contribution in [-0.4, -0.2) is 29.8 Å². The maximum Gasteiger partial charge on any atom is 0.361 e. The van der Waals surface area contributed by atoms with Gasteiger partial charge in [-0.3, -0.25) is 0 Å². The van der Waals surface area contributed by atoms with E-state index in [1.807, 2.05) is 18.4 Å². The molecule has 0 aliphatic carbocycles. The van der Waals surface area contributed by atoms with Gasteiger partial charge in [-0.25, -0.2) is 4.79 Å². The van der Waals surface area contributed by atoms with Gasteiger partial charge in [0, 0.05) is 10.5 Å². The van der Waals surface area contributed by atoms with Gasteiger partial charge in [0.15, 0.2) is 5.71 Å². The molecule has 0 aliphatic heterocycles. The van der Waals surface area contributed by atoms with Crippen molar-refractivity contribution in [3.8, 4) is 0 Å². The third-order valence-electron chi connectivity index (χ3n) is 1.93. The number of rotatable bonds is 4. The summed E-state index contributed by atoms with van der Waals surface area (Å²) in [5.41, 5.74) is 0.466. The molecular formula is C11H13NO3S. The van der Waals surface area contributed by atoms with E-state index in [-0.39, 0.29) is 12.3 Å². The molecule has 0 aromatic heterocycles. The first-order valence-corrected chi connectivity index (χ1v) is 5.99. The SMILES string of the molecule is CCOC(=O)/C(=N/O)c1ccc(SC)cc1. The van der Waals surface area contributed by atoms with Gasteiger partial charge in [-0.15, -0.1) is 11.8 Å². The van der Waals surface area contributed by atoms with E-state index < -0.39 is 5.97 Å². The minimum atomic E-state index is -0.623. The zero-order valence-electron chi connectivity index (χ0n) is 9.14. The molecule has 0 saturated heterocycles. The standard InChI is InChI=1S/C11H13NO3S/c1-3-15-11(13)10(12-14)8-4-6-9(16-2)7-5-8/h4-7,14H,3H2,1-2H3/b12-10+. The maximum absolute atomic E-state index is 11.4. The third kappa shape index (κ3) is 3.00. The molecule has 16 heavy (non-hydrogen) atoms. The highest BCUT2D eigenvalue weighted by Gasteiger charge is 2.15. The van der Waals surface area contributed by atoms with E-state index in [1.54, 1.807) is 30.8 Å². The number of ether oxygens (including phenoxy) is 1. The van der Waals surface area contributed by atoms with E-state index in [4.69, 9.17) is 9.94 Å². The lowest BCUT2D eigenvalue weighted by Gasteiger charge is -2.04. The Morgan fingerprint density at radius 3 is 2.50 bits per heavy atom. The second-order valence-electron chi connectivity index (χ2n) is 2.90. The van der Waals surface area contributed by atoms with E-state index in [2.05, 4.69) is 5.16 Å². The highest BCUT2D eigenvalue weighted by Crippen LogP contribution is 2.15. The van der Waals surface area contributed by atoms with Crippen LogP contribution in [0.25, 0.3) is 0 Å². The van der Waals surface area contributed by atoms with E-state index in [0.717, 1.165) is 4.90 Å². The Balaban J connectivity index is 2.92. The predicted octanol–water partition coefficient (Wildman–Crippen LogP) is 2.15. The van der Waals surface area contributed by atoms with Crippen molar-refractivity contribution < 1.29 is 14.7 Å². The Morgan fingerprint density at radius 1 is 1.44 bits per heavy atom. The van der Waals surface area contributed by atoms with Crippen molar-refractivity contribution >= 4 is 23.4 Å². The molecule has 0 fully saturated rings. The fourth-order valence-electron chi connectivity index (χ4n) is 1.16. The minimum Gasteiger partial charge on any atom is -0.461 e. The average molecular weight is 239 g/mol. The number of carbonyl (C=O) groups is 1. The molecule has 86 valence electrons. The van der Waals surface area contributed by atoms with Gasteiger partial charge in [-0.2, -0.15) is 0 Å². The smallest absolute Gasteiger partial charge is 0.361 e. The van der Waals surface area contributed by atoms with Crippen molar-refractivity contribution in [1.29, 1.82) is 0 Å². The van der Waals surface area contributed by atoms with E-state index in [9.17, 15) is 4.79 Å². The number of esters is 1. The Morgan fingerprint density at radius 2 is 2.06 bits per heavy atom. The quantitative estimate of drug-likeness (QED) is 0.287. The Hall–Kier alpha value is -1.49. The van der Waals surface area contributed by atoms with Crippen LogP contribution >= 0.6 is 11.8 Å². The van der Waals surface area contributed by atoms with Crippen molar-refractivity contribution in [3.63, 3.8) is 0 Å². The molecule has 0 spiro atoms. The molecule has 5 heteroatoms. The van der Waals surface area contributed by atoms with Crippen LogP contribution in [0.15, 0.2) is 34.3 Å². The number of thioether (sulfide) groups is 1. The minimum absolute atomic E-state index is 0.0745. The van der Waals surface area contributed by atoms with Crippen molar-refractivity contribution in [2.45, 2.75) is 11.8 Å². The fraction of sp³-hybridized carbons (Fsp3) is 0.273. The lowest BCUT2D eigenvalue weighted by Crippen LogP contribution is -2.18. The highest BCUT2D eigenvalue weighted by molar-refractivity contribution is 7.98. The van der Waals surface area contributed by atoms with Crippen LogP contribution in [0, 0.1) is 0 Å². The van der Waals surface area contributed by atoms with Gasteiger partial charge in [-0.1, -0.05) is 17.3 Å². The van der Waals surface area contributed by atoms with Gasteiger partial charge >= 0.3 is 5.97 Å². The lowest BCUT2D eigenvalue weighted by molar-refractivity contribution is -0.135. The van der Waals surface area contributed by atoms with E-state index in [1.165, 1.54) is 0 Å². The van der Waals surface area contributed by atoms with Crippen LogP contribution in [0.1, 0.15) is 12.5 Å². The summed E-state index contributed by atoms with van der Waals surface area (Å²) in [6, 6.07) is 7.14. The third-order valence-corrected chi connectivity index (χ3v) is 2.68. The summed E-state index contributed by atoms with van der Waals surface area (Å²) in [7, 11) is 0. The van der Waals surface area contributed by atoms with Crippen LogP contribution in [0.3, 0.4) is 0 Å². The van der Waals surface area contributed by atoms with Crippen LogP contribution in [-0.2, 0) is 9.53 Å². The normalized spacial score (nSPS) is 11.2. The number of hydrogen-bond acceptors (Lipinski definition) is 5. The molecule has 0 heterocycles. The summed E-state index contributed by atoms with van der Waals surface area (Å²) in [5, 5.41) is 11.8. The number of carbonyl (C=O) groups excluding carboxylic acids is 1. The Bertz CT molecular complexity index is 387. The first-order chi connectivity index (χ1) is 7.72. The second-order valence-corrected chi connectivity index (χ2v) is 3.78. The van der Waals surface area contributed by atoms with Crippen molar-refractivity contribution in [2.24, 2.45) is 5.16 Å². The van der Waals surface area contributed by atoms with Crippen LogP contribution in [0.4, 0.5) is 0 Å². The van der Waals surface area contributed by atoms with Gasteiger partial charge in [0.2, 0.25) is 0 Å². The number of hydrogen-bond donors (Lipinski definition) is 1. The fourth-order valence-corrected chi connectivity index (χ4v) is 1.57. The summed E-state index contributed by atoms with van der Waals surface area (Å²) in [6.07, 6.45) is 1.96. The molecule has 0 unspecified atom stereocenters. The summed E-state index contributed by atoms with van der Waals surface area (Å²) < 4.78 is 4.77. The molecule has 0 saturated carbocycles. The number of oxime groups is 1. The summed E-state index contributed by atoms with van der Waals surface area (Å²) in [6.45, 7) is 1.95. The molecule has 0 aliphatic rings. The molecule has 0 atom stereocenters. The molecule has 0 radical (unpaired) electrons. The lowest BCUT2D eigenvalue weighted by atomic mass is 10.1. The van der Waals surface area contributed by atoms with Crippen LogP contribution in [0.2, 0.25) is 0 Å². The summed E-state index contributed by atoms with van der Waals surface area (Å²) >= 11 is 1.60. The van der Waals surface area contributed by atoms with Gasteiger partial charge in [0.05, 0.1) is 6.61 Å². The van der Waals surface area contributed by atoms with Crippen molar-refractivity contribution in [3.05, 3.63) is 29.8 Å². The van der Waals surface area contributed by atoms with Gasteiger partial charge < -0.3 is 9.94 Å².